The summed E-state index contributed by atoms with van der Waals surface area (Å²) >= 11 is 0. The second-order valence-corrected chi connectivity index (χ2v) is 5.40. The van der Waals surface area contributed by atoms with E-state index in [1.807, 2.05) is 6.20 Å². The van der Waals surface area contributed by atoms with Gasteiger partial charge in [0.25, 0.3) is 0 Å². The predicted molar refractivity (Wildman–Crippen MR) is 61.7 cm³/mol. The molecule has 0 fully saturated rings. The van der Waals surface area contributed by atoms with Crippen molar-refractivity contribution in [2.75, 3.05) is 0 Å². The van der Waals surface area contributed by atoms with E-state index in [4.69, 9.17) is 0 Å². The van der Waals surface area contributed by atoms with Crippen LogP contribution in [-0.2, 0) is 12.8 Å². The topological polar surface area (TPSA) is 25.8 Å². The van der Waals surface area contributed by atoms with E-state index in [-0.39, 0.29) is 0 Å². The molecule has 0 bridgehead atoms. The Balaban J connectivity index is 2.27. The highest BCUT2D eigenvalue weighted by atomic mass is 14.8. The first-order valence-corrected chi connectivity index (χ1v) is 5.95. The largest absolute Gasteiger partial charge is 0.245 e. The molecule has 1 aliphatic rings. The summed E-state index contributed by atoms with van der Waals surface area (Å²) in [4.78, 5) is 8.58. The predicted octanol–water partition coefficient (Wildman–Crippen LogP) is 3.16. The van der Waals surface area contributed by atoms with Crippen LogP contribution in [0.3, 0.4) is 0 Å². The Morgan fingerprint density at radius 1 is 1.20 bits per heavy atom. The van der Waals surface area contributed by atoms with Crippen molar-refractivity contribution in [1.29, 1.82) is 0 Å². The third kappa shape index (κ3) is 2.77. The Morgan fingerprint density at radius 3 is 2.93 bits per heavy atom. The van der Waals surface area contributed by atoms with Crippen LogP contribution < -0.4 is 0 Å². The van der Waals surface area contributed by atoms with Gasteiger partial charge in [0.2, 0.25) is 0 Å². The van der Waals surface area contributed by atoms with Gasteiger partial charge in [-0.05, 0) is 36.7 Å². The Hall–Kier alpha value is -0.920. The quantitative estimate of drug-likeness (QED) is 0.648. The lowest BCUT2D eigenvalue weighted by Crippen LogP contribution is -2.16. The van der Waals surface area contributed by atoms with Gasteiger partial charge < -0.3 is 0 Å². The van der Waals surface area contributed by atoms with Crippen molar-refractivity contribution >= 4 is 0 Å². The van der Waals surface area contributed by atoms with E-state index in [1.165, 1.54) is 36.9 Å². The molecule has 0 radical (unpaired) electrons. The van der Waals surface area contributed by atoms with Crippen LogP contribution in [0, 0.1) is 5.41 Å². The third-order valence-electron chi connectivity index (χ3n) is 3.33. The van der Waals surface area contributed by atoms with E-state index in [2.05, 4.69) is 23.8 Å². The molecule has 1 aromatic rings. The summed E-state index contributed by atoms with van der Waals surface area (Å²) in [5.41, 5.74) is 3.04. The van der Waals surface area contributed by atoms with Crippen molar-refractivity contribution in [1.82, 2.24) is 9.97 Å². The van der Waals surface area contributed by atoms with Gasteiger partial charge >= 0.3 is 0 Å². The molecule has 1 aliphatic carbocycles. The Bertz CT molecular complexity index is 331. The summed E-state index contributed by atoms with van der Waals surface area (Å²) < 4.78 is 0. The summed E-state index contributed by atoms with van der Waals surface area (Å²) in [5.74, 6) is 0. The van der Waals surface area contributed by atoms with Crippen LogP contribution in [-0.4, -0.2) is 9.97 Å². The van der Waals surface area contributed by atoms with Gasteiger partial charge in [0, 0.05) is 11.9 Å². The minimum atomic E-state index is 0.396. The molecule has 2 heteroatoms. The number of aryl methyl sites for hydroxylation is 1. The maximum absolute atomic E-state index is 4.45. The zero-order chi connectivity index (χ0) is 10.7. The molecule has 0 spiro atoms. The fourth-order valence-corrected chi connectivity index (χ4v) is 2.39. The minimum Gasteiger partial charge on any atom is -0.245 e. The number of fused-ring (bicyclic) bond motifs is 1. The summed E-state index contributed by atoms with van der Waals surface area (Å²) in [6.07, 6.45) is 11.3. The van der Waals surface area contributed by atoms with E-state index in [9.17, 15) is 0 Å². The molecular formula is C13H20N2. The van der Waals surface area contributed by atoms with Crippen molar-refractivity contribution in [2.24, 2.45) is 5.41 Å². The lowest BCUT2D eigenvalue weighted by Gasteiger charge is -2.23. The fourth-order valence-electron chi connectivity index (χ4n) is 2.39. The van der Waals surface area contributed by atoms with Crippen molar-refractivity contribution in [2.45, 2.75) is 52.4 Å². The number of hydrogen-bond donors (Lipinski definition) is 0. The zero-order valence-electron chi connectivity index (χ0n) is 9.79. The lowest BCUT2D eigenvalue weighted by atomic mass is 9.82. The van der Waals surface area contributed by atoms with Gasteiger partial charge in [-0.3, -0.25) is 0 Å². The number of nitrogens with zero attached hydrogens (tertiary/aromatic N) is 2. The number of rotatable bonds is 0. The molecule has 0 saturated carbocycles. The molecule has 0 saturated heterocycles. The van der Waals surface area contributed by atoms with Crippen LogP contribution in [0.15, 0.2) is 12.5 Å². The summed E-state index contributed by atoms with van der Waals surface area (Å²) in [6.45, 7) is 4.70. The maximum Gasteiger partial charge on any atom is 0.115 e. The van der Waals surface area contributed by atoms with Crippen molar-refractivity contribution in [3.63, 3.8) is 0 Å². The lowest BCUT2D eigenvalue weighted by molar-refractivity contribution is 0.318. The molecule has 2 rings (SSSR count). The summed E-state index contributed by atoms with van der Waals surface area (Å²) in [7, 11) is 0. The monoisotopic (exact) mass is 204 g/mol. The highest BCUT2D eigenvalue weighted by Crippen LogP contribution is 2.30. The molecule has 0 unspecified atom stereocenters. The minimum absolute atomic E-state index is 0.396. The van der Waals surface area contributed by atoms with Crippen LogP contribution in [0.2, 0.25) is 0 Å². The molecular weight excluding hydrogens is 184 g/mol. The normalized spacial score (nSPS) is 20.9. The van der Waals surface area contributed by atoms with Gasteiger partial charge in [0.1, 0.15) is 6.33 Å². The molecule has 0 N–H and O–H groups in total. The highest BCUT2D eigenvalue weighted by Gasteiger charge is 2.21. The smallest absolute Gasteiger partial charge is 0.115 e. The van der Waals surface area contributed by atoms with Crippen LogP contribution >= 0.6 is 0 Å². The first-order chi connectivity index (χ1) is 7.17. The van der Waals surface area contributed by atoms with E-state index < -0.39 is 0 Å². The molecule has 1 aromatic heterocycles. The first-order valence-electron chi connectivity index (χ1n) is 5.95. The summed E-state index contributed by atoms with van der Waals surface area (Å²) in [6, 6.07) is 0. The van der Waals surface area contributed by atoms with Crippen molar-refractivity contribution in [3.8, 4) is 0 Å². The standard InChI is InChI=1S/C13H20N2/c1-13(2)7-5-3-4-6-11-9-14-10-15-12(11)8-13/h9-10H,3-8H2,1-2H3. The molecule has 0 atom stereocenters. The van der Waals surface area contributed by atoms with Gasteiger partial charge in [0.05, 0.1) is 0 Å². The average molecular weight is 204 g/mol. The Kier molecular flexibility index (Phi) is 3.03. The van der Waals surface area contributed by atoms with Crippen LogP contribution in [0.25, 0.3) is 0 Å². The third-order valence-corrected chi connectivity index (χ3v) is 3.33. The van der Waals surface area contributed by atoms with Gasteiger partial charge in [-0.15, -0.1) is 0 Å². The highest BCUT2D eigenvalue weighted by molar-refractivity contribution is 5.17. The van der Waals surface area contributed by atoms with E-state index in [0.717, 1.165) is 12.8 Å². The maximum atomic E-state index is 4.45. The average Bonchev–Trinajstić information content (AvgIpc) is 2.25. The second-order valence-electron chi connectivity index (χ2n) is 5.40. The second kappa shape index (κ2) is 4.30. The molecule has 0 amide bonds. The summed E-state index contributed by atoms with van der Waals surface area (Å²) in [5, 5.41) is 0. The molecule has 0 aliphatic heterocycles. The van der Waals surface area contributed by atoms with Gasteiger partial charge in [-0.25, -0.2) is 9.97 Å². The first kappa shape index (κ1) is 10.6. The van der Waals surface area contributed by atoms with E-state index >= 15 is 0 Å². The van der Waals surface area contributed by atoms with Gasteiger partial charge in [-0.1, -0.05) is 26.7 Å². The molecule has 15 heavy (non-hydrogen) atoms. The van der Waals surface area contributed by atoms with E-state index in [1.54, 1.807) is 6.33 Å². The molecule has 1 heterocycles. The Morgan fingerprint density at radius 2 is 2.07 bits per heavy atom. The van der Waals surface area contributed by atoms with E-state index in [0.29, 0.717) is 5.41 Å². The van der Waals surface area contributed by atoms with Crippen LogP contribution in [0.4, 0.5) is 0 Å². The van der Waals surface area contributed by atoms with Crippen LogP contribution in [0.5, 0.6) is 0 Å². The van der Waals surface area contributed by atoms with Crippen LogP contribution in [0.1, 0.15) is 50.8 Å². The molecule has 0 aromatic carbocycles. The van der Waals surface area contributed by atoms with Crippen molar-refractivity contribution < 1.29 is 0 Å². The van der Waals surface area contributed by atoms with Crippen molar-refractivity contribution in [3.05, 3.63) is 23.8 Å². The van der Waals surface area contributed by atoms with Gasteiger partial charge in [-0.2, -0.15) is 0 Å². The number of aromatic nitrogens is 2. The fraction of sp³-hybridized carbons (Fsp3) is 0.692. The molecule has 82 valence electrons. The van der Waals surface area contributed by atoms with Gasteiger partial charge in [0.15, 0.2) is 0 Å². The molecule has 2 nitrogen and oxygen atoms in total. The number of hydrogen-bond acceptors (Lipinski definition) is 2. The zero-order valence-corrected chi connectivity index (χ0v) is 9.79. The SMILES string of the molecule is CC1(C)CCCCCc2cncnc2C1. The Labute approximate surface area is 92.1 Å².